The summed E-state index contributed by atoms with van der Waals surface area (Å²) in [4.78, 5) is 37.3. The molecular formula is C20H25Cl3N2O4. The van der Waals surface area contributed by atoms with Gasteiger partial charge in [0.15, 0.2) is 6.61 Å². The summed E-state index contributed by atoms with van der Waals surface area (Å²) in [5.74, 6) is -1.33. The van der Waals surface area contributed by atoms with E-state index in [0.717, 1.165) is 12.8 Å². The molecule has 1 aromatic carbocycles. The van der Waals surface area contributed by atoms with Crippen LogP contribution in [-0.2, 0) is 19.1 Å². The monoisotopic (exact) mass is 462 g/mol. The van der Waals surface area contributed by atoms with Crippen LogP contribution >= 0.6 is 34.8 Å². The van der Waals surface area contributed by atoms with Crippen LogP contribution in [0.2, 0.25) is 15.1 Å². The number of ether oxygens (including phenoxy) is 1. The maximum Gasteiger partial charge on any atom is 0.313 e. The van der Waals surface area contributed by atoms with Crippen molar-refractivity contribution >= 4 is 58.3 Å². The lowest BCUT2D eigenvalue weighted by Gasteiger charge is -2.28. The highest BCUT2D eigenvalue weighted by Gasteiger charge is 2.44. The number of carbonyl (C=O) groups is 3. The van der Waals surface area contributed by atoms with E-state index in [0.29, 0.717) is 17.9 Å². The quantitative estimate of drug-likeness (QED) is 0.582. The van der Waals surface area contributed by atoms with E-state index in [9.17, 15) is 14.4 Å². The fourth-order valence-electron chi connectivity index (χ4n) is 3.40. The molecule has 0 atom stereocenters. The highest BCUT2D eigenvalue weighted by atomic mass is 35.5. The number of hydrogen-bond acceptors (Lipinski definition) is 4. The summed E-state index contributed by atoms with van der Waals surface area (Å²) < 4.78 is 5.25. The Morgan fingerprint density at radius 1 is 1.03 bits per heavy atom. The highest BCUT2D eigenvalue weighted by Crippen LogP contribution is 2.42. The maximum absolute atomic E-state index is 12.8. The zero-order chi connectivity index (χ0) is 21.8. The Balaban J connectivity index is 1.98. The number of rotatable bonds is 6. The van der Waals surface area contributed by atoms with Crippen molar-refractivity contribution in [2.75, 3.05) is 11.9 Å². The molecule has 0 aromatic heterocycles. The first-order valence-electron chi connectivity index (χ1n) is 9.34. The second-order valence-corrected chi connectivity index (χ2v) is 9.58. The van der Waals surface area contributed by atoms with Crippen LogP contribution < -0.4 is 10.6 Å². The average Bonchev–Trinajstić information content (AvgIpc) is 3.03. The Morgan fingerprint density at radius 3 is 2.10 bits per heavy atom. The van der Waals surface area contributed by atoms with Crippen molar-refractivity contribution in [2.24, 2.45) is 5.41 Å². The molecule has 6 nitrogen and oxygen atoms in total. The third kappa shape index (κ3) is 6.76. The van der Waals surface area contributed by atoms with Gasteiger partial charge in [0.05, 0.1) is 21.1 Å². The van der Waals surface area contributed by atoms with E-state index in [1.807, 2.05) is 20.8 Å². The van der Waals surface area contributed by atoms with Crippen molar-refractivity contribution < 1.29 is 19.1 Å². The smallest absolute Gasteiger partial charge is 0.313 e. The fraction of sp³-hybridized carbons (Fsp3) is 0.550. The summed E-state index contributed by atoms with van der Waals surface area (Å²) in [6, 6.07) is 2.88. The summed E-state index contributed by atoms with van der Waals surface area (Å²) in [5.41, 5.74) is -1.10. The Morgan fingerprint density at radius 2 is 1.59 bits per heavy atom. The van der Waals surface area contributed by atoms with Crippen LogP contribution in [0, 0.1) is 5.41 Å². The van der Waals surface area contributed by atoms with Crippen LogP contribution in [0.5, 0.6) is 0 Å². The van der Waals surface area contributed by atoms with E-state index in [1.165, 1.54) is 12.1 Å². The van der Waals surface area contributed by atoms with Gasteiger partial charge in [-0.2, -0.15) is 0 Å². The van der Waals surface area contributed by atoms with Gasteiger partial charge >= 0.3 is 5.97 Å². The molecule has 160 valence electrons. The Bertz CT molecular complexity index is 776. The van der Waals surface area contributed by atoms with Gasteiger partial charge < -0.3 is 15.4 Å². The lowest BCUT2D eigenvalue weighted by Crippen LogP contribution is -2.44. The lowest BCUT2D eigenvalue weighted by molar-refractivity contribution is -0.160. The van der Waals surface area contributed by atoms with Crippen molar-refractivity contribution in [3.63, 3.8) is 0 Å². The van der Waals surface area contributed by atoms with E-state index >= 15 is 0 Å². The van der Waals surface area contributed by atoms with E-state index in [2.05, 4.69) is 10.6 Å². The number of nitrogens with one attached hydrogen (secondary N) is 2. The largest absolute Gasteiger partial charge is 0.455 e. The molecule has 2 rings (SSSR count). The second-order valence-electron chi connectivity index (χ2n) is 8.33. The topological polar surface area (TPSA) is 84.5 Å². The predicted molar refractivity (Wildman–Crippen MR) is 114 cm³/mol. The van der Waals surface area contributed by atoms with Crippen LogP contribution in [0.1, 0.15) is 52.9 Å². The van der Waals surface area contributed by atoms with Crippen molar-refractivity contribution in [3.05, 3.63) is 27.2 Å². The summed E-state index contributed by atoms with van der Waals surface area (Å²) in [6.07, 6.45) is 2.82. The number of benzene rings is 1. The van der Waals surface area contributed by atoms with Gasteiger partial charge in [0.2, 0.25) is 5.91 Å². The Hall–Kier alpha value is -1.50. The van der Waals surface area contributed by atoms with E-state index in [-0.39, 0.29) is 28.1 Å². The molecule has 0 spiro atoms. The number of esters is 1. The van der Waals surface area contributed by atoms with Crippen LogP contribution in [0.4, 0.5) is 5.69 Å². The molecule has 2 N–H and O–H groups in total. The van der Waals surface area contributed by atoms with Gasteiger partial charge in [-0.25, -0.2) is 0 Å². The fourth-order valence-corrected chi connectivity index (χ4v) is 4.31. The normalized spacial score (nSPS) is 15.7. The first-order valence-corrected chi connectivity index (χ1v) is 10.5. The molecule has 1 fully saturated rings. The summed E-state index contributed by atoms with van der Waals surface area (Å²) in [5, 5.41) is 6.08. The van der Waals surface area contributed by atoms with Gasteiger partial charge in [0, 0.05) is 17.0 Å². The van der Waals surface area contributed by atoms with Gasteiger partial charge in [0.25, 0.3) is 5.91 Å². The number of amides is 2. The molecule has 9 heteroatoms. The molecule has 0 bridgehead atoms. The van der Waals surface area contributed by atoms with Crippen molar-refractivity contribution in [3.8, 4) is 0 Å². The van der Waals surface area contributed by atoms with E-state index in [4.69, 9.17) is 39.5 Å². The molecule has 1 aliphatic rings. The van der Waals surface area contributed by atoms with Gasteiger partial charge in [0.1, 0.15) is 0 Å². The van der Waals surface area contributed by atoms with Crippen LogP contribution in [0.25, 0.3) is 0 Å². The number of halogens is 3. The SMILES string of the molecule is CC(C)(C)NC(=O)CC1(C(=O)OCC(=O)Nc2c(Cl)cc(Cl)cc2Cl)CCCC1. The van der Waals surface area contributed by atoms with Gasteiger partial charge in [-0.15, -0.1) is 0 Å². The molecule has 1 aromatic rings. The minimum absolute atomic E-state index is 0.0412. The number of hydrogen-bond donors (Lipinski definition) is 2. The summed E-state index contributed by atoms with van der Waals surface area (Å²) in [7, 11) is 0. The Labute approximate surface area is 185 Å². The third-order valence-electron chi connectivity index (χ3n) is 4.61. The summed E-state index contributed by atoms with van der Waals surface area (Å²) in [6.45, 7) is 5.13. The predicted octanol–water partition coefficient (Wildman–Crippen LogP) is 4.99. The van der Waals surface area contributed by atoms with Gasteiger partial charge in [-0.1, -0.05) is 47.6 Å². The molecular weight excluding hydrogens is 439 g/mol. The third-order valence-corrected chi connectivity index (χ3v) is 5.43. The molecule has 29 heavy (non-hydrogen) atoms. The maximum atomic E-state index is 12.8. The van der Waals surface area contributed by atoms with E-state index in [1.54, 1.807) is 0 Å². The molecule has 0 heterocycles. The minimum Gasteiger partial charge on any atom is -0.455 e. The van der Waals surface area contributed by atoms with Crippen molar-refractivity contribution in [2.45, 2.75) is 58.4 Å². The summed E-state index contributed by atoms with van der Waals surface area (Å²) >= 11 is 17.9. The molecule has 0 saturated heterocycles. The number of anilines is 1. The van der Waals surface area contributed by atoms with E-state index < -0.39 is 29.4 Å². The molecule has 0 unspecified atom stereocenters. The molecule has 2 amide bonds. The van der Waals surface area contributed by atoms with Gasteiger partial charge in [-0.3, -0.25) is 14.4 Å². The van der Waals surface area contributed by atoms with Gasteiger partial charge in [-0.05, 0) is 45.7 Å². The van der Waals surface area contributed by atoms with Crippen LogP contribution in [0.15, 0.2) is 12.1 Å². The molecule has 1 saturated carbocycles. The van der Waals surface area contributed by atoms with Crippen LogP contribution in [0.3, 0.4) is 0 Å². The molecule has 1 aliphatic carbocycles. The average molecular weight is 464 g/mol. The lowest BCUT2D eigenvalue weighted by atomic mass is 9.82. The highest BCUT2D eigenvalue weighted by molar-refractivity contribution is 6.42. The molecule has 0 aliphatic heterocycles. The zero-order valence-corrected chi connectivity index (χ0v) is 18.9. The minimum atomic E-state index is -0.898. The van der Waals surface area contributed by atoms with Crippen molar-refractivity contribution in [1.82, 2.24) is 5.32 Å². The first kappa shape index (κ1) is 23.8. The number of carbonyl (C=O) groups excluding carboxylic acids is 3. The Kier molecular flexibility index (Phi) is 7.82. The first-order chi connectivity index (χ1) is 13.4. The van der Waals surface area contributed by atoms with Crippen LogP contribution in [-0.4, -0.2) is 29.9 Å². The van der Waals surface area contributed by atoms with Crippen molar-refractivity contribution in [1.29, 1.82) is 0 Å². The standard InChI is InChI=1S/C20H25Cl3N2O4/c1-19(2,3)25-15(26)10-20(6-4-5-7-20)18(28)29-11-16(27)24-17-13(22)8-12(21)9-14(17)23/h8-9H,4-7,10-11H2,1-3H3,(H,24,27)(H,25,26). The zero-order valence-electron chi connectivity index (χ0n) is 16.7. The second kappa shape index (κ2) is 9.54. The molecule has 0 radical (unpaired) electrons.